The van der Waals surface area contributed by atoms with E-state index in [1.165, 1.54) is 10.5 Å². The Morgan fingerprint density at radius 1 is 0.933 bits per heavy atom. The van der Waals surface area contributed by atoms with Gasteiger partial charge >= 0.3 is 0 Å². The quantitative estimate of drug-likeness (QED) is 0.330. The highest BCUT2D eigenvalue weighted by atomic mass is 32.2. The largest absolute Gasteiger partial charge is 0.283 e. The van der Waals surface area contributed by atoms with Crippen molar-refractivity contribution >= 4 is 44.4 Å². The fourth-order valence-electron chi connectivity index (χ4n) is 3.41. The predicted molar refractivity (Wildman–Crippen MR) is 129 cm³/mol. The van der Waals surface area contributed by atoms with E-state index in [1.807, 2.05) is 35.2 Å². The molecule has 5 heteroatoms. The number of benzene rings is 3. The van der Waals surface area contributed by atoms with Gasteiger partial charge in [0.1, 0.15) is 0 Å². The lowest BCUT2D eigenvalue weighted by Crippen LogP contribution is -2.31. The predicted octanol–water partition coefficient (Wildman–Crippen LogP) is 6.41. The molecular formula is C25H24N2OS2. The zero-order valence-corrected chi connectivity index (χ0v) is 19.0. The number of rotatable bonds is 6. The first kappa shape index (κ1) is 20.6. The molecule has 30 heavy (non-hydrogen) atoms. The molecule has 0 saturated heterocycles. The molecule has 0 aliphatic heterocycles. The summed E-state index contributed by atoms with van der Waals surface area (Å²) in [6.07, 6.45) is 2.41. The molecule has 0 bridgehead atoms. The fourth-order valence-corrected chi connectivity index (χ4v) is 4.94. The number of aromatic nitrogens is 1. The van der Waals surface area contributed by atoms with E-state index in [2.05, 4.69) is 56.5 Å². The summed E-state index contributed by atoms with van der Waals surface area (Å²) in [5.41, 5.74) is 5.43. The number of thioether (sulfide) groups is 1. The van der Waals surface area contributed by atoms with Gasteiger partial charge < -0.3 is 0 Å². The minimum Gasteiger partial charge on any atom is -0.283 e. The molecule has 1 heterocycles. The Morgan fingerprint density at radius 3 is 2.30 bits per heavy atom. The van der Waals surface area contributed by atoms with Crippen LogP contribution in [0.5, 0.6) is 0 Å². The van der Waals surface area contributed by atoms with Crippen molar-refractivity contribution in [1.82, 2.24) is 4.98 Å². The standard InChI is InChI=1S/C25H24N2OS2/c1-17-9-10-18(2)24-23(17)26-25(30-24)27(16-20-7-5-4-6-8-20)22(28)15-19-11-13-21(29-3)14-12-19/h4-14H,15-16H2,1-3H3. The summed E-state index contributed by atoms with van der Waals surface area (Å²) < 4.78 is 1.15. The molecule has 4 rings (SSSR count). The number of thiazole rings is 1. The van der Waals surface area contributed by atoms with Crippen molar-refractivity contribution in [1.29, 1.82) is 0 Å². The van der Waals surface area contributed by atoms with E-state index < -0.39 is 0 Å². The first-order valence-corrected chi connectivity index (χ1v) is 11.9. The van der Waals surface area contributed by atoms with Gasteiger partial charge in [0.25, 0.3) is 0 Å². The van der Waals surface area contributed by atoms with Crippen LogP contribution in [-0.2, 0) is 17.8 Å². The highest BCUT2D eigenvalue weighted by Crippen LogP contribution is 2.34. The third-order valence-electron chi connectivity index (χ3n) is 5.16. The molecule has 1 aromatic heterocycles. The van der Waals surface area contributed by atoms with Crippen molar-refractivity contribution in [2.75, 3.05) is 11.2 Å². The van der Waals surface area contributed by atoms with E-state index in [1.54, 1.807) is 23.1 Å². The molecule has 0 spiro atoms. The molecule has 0 radical (unpaired) electrons. The Labute approximate surface area is 185 Å². The molecule has 0 N–H and O–H groups in total. The van der Waals surface area contributed by atoms with Gasteiger partial charge in [-0.2, -0.15) is 0 Å². The van der Waals surface area contributed by atoms with Gasteiger partial charge in [0.2, 0.25) is 5.91 Å². The molecule has 1 amide bonds. The zero-order chi connectivity index (χ0) is 21.1. The van der Waals surface area contributed by atoms with Crippen molar-refractivity contribution < 1.29 is 4.79 Å². The minimum absolute atomic E-state index is 0.0603. The Morgan fingerprint density at radius 2 is 1.63 bits per heavy atom. The second-order valence-electron chi connectivity index (χ2n) is 7.36. The van der Waals surface area contributed by atoms with Gasteiger partial charge in [0.15, 0.2) is 5.13 Å². The van der Waals surface area contributed by atoms with Crippen molar-refractivity contribution in [3.63, 3.8) is 0 Å². The van der Waals surface area contributed by atoms with Crippen molar-refractivity contribution in [2.24, 2.45) is 0 Å². The fraction of sp³-hybridized carbons (Fsp3) is 0.200. The molecular weight excluding hydrogens is 408 g/mol. The van der Waals surface area contributed by atoms with E-state index >= 15 is 0 Å². The lowest BCUT2D eigenvalue weighted by Gasteiger charge is -2.20. The maximum atomic E-state index is 13.4. The Kier molecular flexibility index (Phi) is 6.21. The first-order chi connectivity index (χ1) is 14.5. The molecule has 0 saturated carbocycles. The second-order valence-corrected chi connectivity index (χ2v) is 9.22. The van der Waals surface area contributed by atoms with Crippen molar-refractivity contribution in [3.05, 3.63) is 89.0 Å². The minimum atomic E-state index is 0.0603. The number of aryl methyl sites for hydroxylation is 2. The molecule has 152 valence electrons. The van der Waals surface area contributed by atoms with Crippen LogP contribution in [0, 0.1) is 13.8 Å². The molecule has 3 aromatic carbocycles. The molecule has 4 aromatic rings. The van der Waals surface area contributed by atoms with E-state index in [9.17, 15) is 4.79 Å². The van der Waals surface area contributed by atoms with Crippen LogP contribution in [0.3, 0.4) is 0 Å². The van der Waals surface area contributed by atoms with Gasteiger partial charge in [-0.05, 0) is 54.5 Å². The van der Waals surface area contributed by atoms with Crippen LogP contribution in [0.15, 0.2) is 71.6 Å². The average molecular weight is 433 g/mol. The highest BCUT2D eigenvalue weighted by Gasteiger charge is 2.21. The maximum Gasteiger partial charge on any atom is 0.233 e. The third kappa shape index (κ3) is 4.42. The van der Waals surface area contributed by atoms with Crippen LogP contribution >= 0.6 is 23.1 Å². The van der Waals surface area contributed by atoms with Crippen LogP contribution in [-0.4, -0.2) is 17.1 Å². The molecule has 3 nitrogen and oxygen atoms in total. The summed E-state index contributed by atoms with van der Waals surface area (Å²) >= 11 is 3.30. The topological polar surface area (TPSA) is 33.2 Å². The molecule has 0 aliphatic rings. The second kappa shape index (κ2) is 9.02. The summed E-state index contributed by atoms with van der Waals surface area (Å²) in [5.74, 6) is 0.0603. The van der Waals surface area contributed by atoms with E-state index in [0.717, 1.165) is 32.0 Å². The number of anilines is 1. The van der Waals surface area contributed by atoms with E-state index in [-0.39, 0.29) is 5.91 Å². The van der Waals surface area contributed by atoms with Gasteiger partial charge in [-0.15, -0.1) is 11.8 Å². The van der Waals surface area contributed by atoms with Gasteiger partial charge in [-0.1, -0.05) is 65.9 Å². The normalized spacial score (nSPS) is 11.0. The molecule has 0 atom stereocenters. The summed E-state index contributed by atoms with van der Waals surface area (Å²) in [7, 11) is 0. The average Bonchev–Trinajstić information content (AvgIpc) is 3.22. The van der Waals surface area contributed by atoms with Crippen LogP contribution < -0.4 is 4.90 Å². The van der Waals surface area contributed by atoms with Crippen LogP contribution in [0.2, 0.25) is 0 Å². The Hall–Kier alpha value is -2.63. The van der Waals surface area contributed by atoms with Gasteiger partial charge in [0, 0.05) is 4.90 Å². The summed E-state index contributed by atoms with van der Waals surface area (Å²) in [5, 5.41) is 0.761. The number of nitrogens with zero attached hydrogens (tertiary/aromatic N) is 2. The lowest BCUT2D eigenvalue weighted by atomic mass is 10.1. The number of fused-ring (bicyclic) bond motifs is 1. The van der Waals surface area contributed by atoms with Crippen molar-refractivity contribution in [2.45, 2.75) is 31.7 Å². The highest BCUT2D eigenvalue weighted by molar-refractivity contribution is 7.98. The number of hydrogen-bond acceptors (Lipinski definition) is 4. The first-order valence-electron chi connectivity index (χ1n) is 9.89. The van der Waals surface area contributed by atoms with Gasteiger partial charge in [-0.3, -0.25) is 9.69 Å². The molecule has 0 fully saturated rings. The van der Waals surface area contributed by atoms with Crippen molar-refractivity contribution in [3.8, 4) is 0 Å². The van der Waals surface area contributed by atoms with Gasteiger partial charge in [-0.25, -0.2) is 4.98 Å². The number of carbonyl (C=O) groups is 1. The third-order valence-corrected chi connectivity index (χ3v) is 7.12. The summed E-state index contributed by atoms with van der Waals surface area (Å²) in [6.45, 7) is 4.68. The number of hydrogen-bond donors (Lipinski definition) is 0. The SMILES string of the molecule is CSc1ccc(CC(=O)N(Cc2ccccc2)c2nc3c(C)ccc(C)c3s2)cc1. The van der Waals surface area contributed by atoms with Crippen LogP contribution in [0.1, 0.15) is 22.3 Å². The van der Waals surface area contributed by atoms with Crippen LogP contribution in [0.25, 0.3) is 10.2 Å². The monoisotopic (exact) mass is 432 g/mol. The lowest BCUT2D eigenvalue weighted by molar-refractivity contribution is -0.118. The number of carbonyl (C=O) groups excluding carboxylic acids is 1. The van der Waals surface area contributed by atoms with Gasteiger partial charge in [0.05, 0.1) is 23.2 Å². The number of amides is 1. The smallest absolute Gasteiger partial charge is 0.233 e. The maximum absolute atomic E-state index is 13.4. The van der Waals surface area contributed by atoms with E-state index in [4.69, 9.17) is 4.98 Å². The van der Waals surface area contributed by atoms with E-state index in [0.29, 0.717) is 13.0 Å². The summed E-state index contributed by atoms with van der Waals surface area (Å²) in [6, 6.07) is 22.5. The molecule has 0 unspecified atom stereocenters. The van der Waals surface area contributed by atoms with Crippen LogP contribution in [0.4, 0.5) is 5.13 Å². The zero-order valence-electron chi connectivity index (χ0n) is 17.4. The Bertz CT molecular complexity index is 1130. The Balaban J connectivity index is 1.69. The summed E-state index contributed by atoms with van der Waals surface area (Å²) in [4.78, 5) is 21.3. The molecule has 0 aliphatic carbocycles.